The summed E-state index contributed by atoms with van der Waals surface area (Å²) in [6.07, 6.45) is 2.86. The smallest absolute Gasteiger partial charge is 0.0726 e. The van der Waals surface area contributed by atoms with E-state index in [0.717, 1.165) is 13.2 Å². The van der Waals surface area contributed by atoms with Gasteiger partial charge in [-0.1, -0.05) is 18.2 Å². The van der Waals surface area contributed by atoms with Gasteiger partial charge in [-0.15, -0.1) is 11.8 Å². The van der Waals surface area contributed by atoms with Crippen molar-refractivity contribution in [3.63, 3.8) is 0 Å². The van der Waals surface area contributed by atoms with Crippen LogP contribution in [0.25, 0.3) is 0 Å². The predicted molar refractivity (Wildman–Crippen MR) is 76.3 cm³/mol. The van der Waals surface area contributed by atoms with Crippen molar-refractivity contribution < 1.29 is 4.74 Å². The molecule has 0 radical (unpaired) electrons. The minimum Gasteiger partial charge on any atom is -0.377 e. The third-order valence-electron chi connectivity index (χ3n) is 4.01. The Morgan fingerprint density at radius 1 is 1.44 bits per heavy atom. The van der Waals surface area contributed by atoms with Gasteiger partial charge >= 0.3 is 0 Å². The zero-order chi connectivity index (χ0) is 12.4. The molecule has 3 heteroatoms. The fourth-order valence-corrected chi connectivity index (χ4v) is 4.11. The van der Waals surface area contributed by atoms with Crippen LogP contribution in [0, 0.1) is 0 Å². The minimum atomic E-state index is 0.425. The molecular formula is C15H21NOS. The van der Waals surface area contributed by atoms with Crippen LogP contribution in [-0.2, 0) is 4.74 Å². The third kappa shape index (κ3) is 2.58. The molecule has 0 spiro atoms. The number of hydrogen-bond donors (Lipinski definition) is 1. The molecule has 2 aliphatic heterocycles. The van der Waals surface area contributed by atoms with E-state index in [0.29, 0.717) is 18.1 Å². The van der Waals surface area contributed by atoms with Gasteiger partial charge in [0.05, 0.1) is 6.10 Å². The van der Waals surface area contributed by atoms with Crippen LogP contribution in [0.4, 0.5) is 0 Å². The van der Waals surface area contributed by atoms with Crippen LogP contribution in [-0.4, -0.2) is 31.1 Å². The van der Waals surface area contributed by atoms with Gasteiger partial charge in [-0.3, -0.25) is 0 Å². The van der Waals surface area contributed by atoms with Crippen molar-refractivity contribution in [1.82, 2.24) is 5.32 Å². The molecule has 0 aromatic heterocycles. The van der Waals surface area contributed by atoms with Crippen LogP contribution in [0.3, 0.4) is 0 Å². The van der Waals surface area contributed by atoms with E-state index in [1.165, 1.54) is 29.1 Å². The van der Waals surface area contributed by atoms with E-state index >= 15 is 0 Å². The average Bonchev–Trinajstić information content (AvgIpc) is 3.06. The van der Waals surface area contributed by atoms with Crippen molar-refractivity contribution in [3.8, 4) is 0 Å². The van der Waals surface area contributed by atoms with Gasteiger partial charge in [0.1, 0.15) is 0 Å². The summed E-state index contributed by atoms with van der Waals surface area (Å²) in [5.74, 6) is 1.87. The number of rotatable bonds is 4. The number of thioether (sulfide) groups is 1. The highest BCUT2D eigenvalue weighted by Crippen LogP contribution is 2.38. The van der Waals surface area contributed by atoms with Crippen molar-refractivity contribution in [2.45, 2.75) is 42.7 Å². The Balaban J connectivity index is 1.55. The summed E-state index contributed by atoms with van der Waals surface area (Å²) >= 11 is 1.99. The summed E-state index contributed by atoms with van der Waals surface area (Å²) in [5, 5.41) is 3.67. The van der Waals surface area contributed by atoms with Gasteiger partial charge in [-0.25, -0.2) is 0 Å². The zero-order valence-corrected chi connectivity index (χ0v) is 11.7. The molecular weight excluding hydrogens is 242 g/mol. The number of ether oxygens (including phenoxy) is 1. The van der Waals surface area contributed by atoms with Crippen LogP contribution in [0.1, 0.15) is 31.2 Å². The summed E-state index contributed by atoms with van der Waals surface area (Å²) in [4.78, 5) is 1.47. The zero-order valence-electron chi connectivity index (χ0n) is 10.9. The molecule has 2 heterocycles. The quantitative estimate of drug-likeness (QED) is 0.902. The number of nitrogens with one attached hydrogen (secondary N) is 1. The Hall–Kier alpha value is -0.510. The molecule has 2 aliphatic rings. The standard InChI is InChI=1S/C15H21NOS/c1-11(14-6-4-8-17-14)16-9-12-10-18-15-7-3-2-5-13(12)15/h2-3,5,7,11-12,14,16H,4,6,8-10H2,1H3. The van der Waals surface area contributed by atoms with Gasteiger partial charge in [0, 0.05) is 35.8 Å². The molecule has 3 rings (SSSR count). The molecule has 1 aromatic rings. The van der Waals surface area contributed by atoms with Crippen LogP contribution in [0.2, 0.25) is 0 Å². The molecule has 2 nitrogen and oxygen atoms in total. The monoisotopic (exact) mass is 263 g/mol. The van der Waals surface area contributed by atoms with Gasteiger partial charge in [0.15, 0.2) is 0 Å². The highest BCUT2D eigenvalue weighted by molar-refractivity contribution is 7.99. The van der Waals surface area contributed by atoms with E-state index in [4.69, 9.17) is 4.74 Å². The third-order valence-corrected chi connectivity index (χ3v) is 5.26. The van der Waals surface area contributed by atoms with E-state index in [2.05, 4.69) is 36.5 Å². The van der Waals surface area contributed by atoms with Crippen LogP contribution in [0.15, 0.2) is 29.2 Å². The van der Waals surface area contributed by atoms with Crippen molar-refractivity contribution >= 4 is 11.8 Å². The Bertz CT molecular complexity index is 403. The topological polar surface area (TPSA) is 21.3 Å². The lowest BCUT2D eigenvalue weighted by Crippen LogP contribution is -2.39. The first-order valence-electron chi connectivity index (χ1n) is 6.91. The Morgan fingerprint density at radius 3 is 3.17 bits per heavy atom. The molecule has 1 saturated heterocycles. The molecule has 98 valence electrons. The summed E-state index contributed by atoms with van der Waals surface area (Å²) in [7, 11) is 0. The lowest BCUT2D eigenvalue weighted by molar-refractivity contribution is 0.0834. The summed E-state index contributed by atoms with van der Waals surface area (Å²) < 4.78 is 5.73. The molecule has 3 unspecified atom stereocenters. The molecule has 1 aromatic carbocycles. The first-order valence-corrected chi connectivity index (χ1v) is 7.90. The Labute approximate surface area is 113 Å². The minimum absolute atomic E-state index is 0.425. The van der Waals surface area contributed by atoms with Crippen LogP contribution in [0.5, 0.6) is 0 Å². The normalized spacial score (nSPS) is 28.3. The molecule has 0 amide bonds. The SMILES string of the molecule is CC(NCC1CSc2ccccc21)C1CCCO1. The predicted octanol–water partition coefficient (Wildman–Crippen LogP) is 3.03. The molecule has 3 atom stereocenters. The van der Waals surface area contributed by atoms with E-state index < -0.39 is 0 Å². The molecule has 1 N–H and O–H groups in total. The summed E-state index contributed by atoms with van der Waals surface area (Å²) in [6.45, 7) is 4.27. The Morgan fingerprint density at radius 2 is 2.33 bits per heavy atom. The van der Waals surface area contributed by atoms with E-state index in [1.54, 1.807) is 0 Å². The molecule has 0 bridgehead atoms. The van der Waals surface area contributed by atoms with Crippen molar-refractivity contribution in [3.05, 3.63) is 29.8 Å². The van der Waals surface area contributed by atoms with Crippen molar-refractivity contribution in [2.75, 3.05) is 18.9 Å². The molecule has 0 saturated carbocycles. The van der Waals surface area contributed by atoms with Gasteiger partial charge in [-0.2, -0.15) is 0 Å². The largest absolute Gasteiger partial charge is 0.377 e. The van der Waals surface area contributed by atoms with Gasteiger partial charge in [0.2, 0.25) is 0 Å². The highest BCUT2D eigenvalue weighted by atomic mass is 32.2. The second-order valence-corrected chi connectivity index (χ2v) is 6.36. The highest BCUT2D eigenvalue weighted by Gasteiger charge is 2.26. The van der Waals surface area contributed by atoms with Gasteiger partial charge in [0.25, 0.3) is 0 Å². The average molecular weight is 263 g/mol. The summed E-state index contributed by atoms with van der Waals surface area (Å²) in [6, 6.07) is 9.28. The second kappa shape index (κ2) is 5.64. The fourth-order valence-electron chi connectivity index (χ4n) is 2.85. The first-order chi connectivity index (χ1) is 8.84. The molecule has 18 heavy (non-hydrogen) atoms. The Kier molecular flexibility index (Phi) is 3.92. The van der Waals surface area contributed by atoms with Crippen molar-refractivity contribution in [1.29, 1.82) is 0 Å². The maximum atomic E-state index is 5.73. The maximum absolute atomic E-state index is 5.73. The van der Waals surface area contributed by atoms with Crippen LogP contribution >= 0.6 is 11.8 Å². The lowest BCUT2D eigenvalue weighted by atomic mass is 10.0. The number of fused-ring (bicyclic) bond motifs is 1. The summed E-state index contributed by atoms with van der Waals surface area (Å²) in [5.41, 5.74) is 1.52. The van der Waals surface area contributed by atoms with E-state index in [1.807, 2.05) is 11.8 Å². The first kappa shape index (κ1) is 12.5. The fraction of sp³-hybridized carbons (Fsp3) is 0.600. The van der Waals surface area contributed by atoms with E-state index in [9.17, 15) is 0 Å². The van der Waals surface area contributed by atoms with E-state index in [-0.39, 0.29) is 0 Å². The van der Waals surface area contributed by atoms with Crippen LogP contribution < -0.4 is 5.32 Å². The molecule has 0 aliphatic carbocycles. The molecule has 1 fully saturated rings. The maximum Gasteiger partial charge on any atom is 0.0726 e. The lowest BCUT2D eigenvalue weighted by Gasteiger charge is -2.22. The van der Waals surface area contributed by atoms with Gasteiger partial charge < -0.3 is 10.1 Å². The van der Waals surface area contributed by atoms with Gasteiger partial charge in [-0.05, 0) is 31.4 Å². The number of hydrogen-bond acceptors (Lipinski definition) is 3. The second-order valence-electron chi connectivity index (χ2n) is 5.29. The van der Waals surface area contributed by atoms with Crippen molar-refractivity contribution in [2.24, 2.45) is 0 Å². The number of benzene rings is 1.